The second kappa shape index (κ2) is 8.51. The zero-order valence-electron chi connectivity index (χ0n) is 12.6. The highest BCUT2D eigenvalue weighted by molar-refractivity contribution is 5.84. The Hall–Kier alpha value is -0.650. The predicted molar refractivity (Wildman–Crippen MR) is 74.9 cm³/mol. The van der Waals surface area contributed by atoms with E-state index in [1.165, 1.54) is 0 Å². The summed E-state index contributed by atoms with van der Waals surface area (Å²) in [6, 6.07) is -0.0204. The molecule has 1 saturated heterocycles. The first-order chi connectivity index (χ1) is 9.07. The zero-order valence-corrected chi connectivity index (χ0v) is 12.6. The van der Waals surface area contributed by atoms with Crippen LogP contribution in [0.2, 0.25) is 0 Å². The summed E-state index contributed by atoms with van der Waals surface area (Å²) in [6.07, 6.45) is 2.11. The molecule has 1 aliphatic rings. The molecular formula is C14H28N2O3. The summed E-state index contributed by atoms with van der Waals surface area (Å²) < 4.78 is 10.3. The number of nitrogens with one attached hydrogen (secondary N) is 1. The van der Waals surface area contributed by atoms with Crippen molar-refractivity contribution in [1.29, 1.82) is 0 Å². The van der Waals surface area contributed by atoms with Gasteiger partial charge in [-0.3, -0.25) is 10.1 Å². The van der Waals surface area contributed by atoms with Crippen molar-refractivity contribution >= 4 is 5.91 Å². The monoisotopic (exact) mass is 272 g/mol. The van der Waals surface area contributed by atoms with Gasteiger partial charge in [0.05, 0.1) is 25.4 Å². The summed E-state index contributed by atoms with van der Waals surface area (Å²) >= 11 is 0. The molecule has 112 valence electrons. The van der Waals surface area contributed by atoms with Gasteiger partial charge in [-0.05, 0) is 25.7 Å². The topological polar surface area (TPSA) is 50.8 Å². The number of methoxy groups -OCH3 is 1. The van der Waals surface area contributed by atoms with Crippen LogP contribution in [0.15, 0.2) is 0 Å². The van der Waals surface area contributed by atoms with Crippen molar-refractivity contribution < 1.29 is 14.3 Å². The Balaban J connectivity index is 2.17. The highest BCUT2D eigenvalue weighted by Crippen LogP contribution is 2.17. The number of nitrogens with zero attached hydrogens (tertiary/aromatic N) is 1. The number of hydrogen-bond donors (Lipinski definition) is 1. The van der Waals surface area contributed by atoms with E-state index < -0.39 is 0 Å². The minimum Gasteiger partial charge on any atom is -0.382 e. The Morgan fingerprint density at radius 2 is 2.00 bits per heavy atom. The van der Waals surface area contributed by atoms with E-state index in [1.807, 2.05) is 4.90 Å². The van der Waals surface area contributed by atoms with E-state index in [0.29, 0.717) is 19.1 Å². The fraction of sp³-hybridized carbons (Fsp3) is 0.929. The van der Waals surface area contributed by atoms with Gasteiger partial charge in [-0.25, -0.2) is 0 Å². The molecule has 2 atom stereocenters. The molecule has 1 N–H and O–H groups in total. The Morgan fingerprint density at radius 3 is 2.58 bits per heavy atom. The van der Waals surface area contributed by atoms with Gasteiger partial charge in [0.15, 0.2) is 0 Å². The van der Waals surface area contributed by atoms with Crippen LogP contribution in [-0.2, 0) is 14.3 Å². The molecule has 0 aromatic rings. The quantitative estimate of drug-likeness (QED) is 0.642. The van der Waals surface area contributed by atoms with Crippen molar-refractivity contribution in [2.45, 2.75) is 45.8 Å². The smallest absolute Gasteiger partial charge is 0.241 e. The summed E-state index contributed by atoms with van der Waals surface area (Å²) in [5.74, 6) is 0.583. The van der Waals surface area contributed by atoms with E-state index >= 15 is 0 Å². The highest BCUT2D eigenvalue weighted by atomic mass is 16.5. The van der Waals surface area contributed by atoms with Gasteiger partial charge < -0.3 is 14.4 Å². The predicted octanol–water partition coefficient (Wildman–Crippen LogP) is 1.23. The van der Waals surface area contributed by atoms with E-state index in [0.717, 1.165) is 26.0 Å². The van der Waals surface area contributed by atoms with Crippen LogP contribution < -0.4 is 5.32 Å². The van der Waals surface area contributed by atoms with E-state index in [4.69, 9.17) is 9.47 Å². The minimum absolute atomic E-state index is 0.0204. The fourth-order valence-corrected chi connectivity index (χ4v) is 2.30. The van der Waals surface area contributed by atoms with Crippen molar-refractivity contribution in [3.8, 4) is 0 Å². The Kier molecular flexibility index (Phi) is 7.34. The maximum atomic E-state index is 12.2. The third kappa shape index (κ3) is 5.09. The van der Waals surface area contributed by atoms with Crippen LogP contribution in [0.4, 0.5) is 0 Å². The molecule has 1 heterocycles. The molecular weight excluding hydrogens is 244 g/mol. The average Bonchev–Trinajstić information content (AvgIpc) is 2.65. The van der Waals surface area contributed by atoms with Crippen LogP contribution in [0.3, 0.4) is 0 Å². The summed E-state index contributed by atoms with van der Waals surface area (Å²) in [6.45, 7) is 9.04. The Morgan fingerprint density at radius 1 is 1.26 bits per heavy atom. The summed E-state index contributed by atoms with van der Waals surface area (Å²) in [7, 11) is 1.67. The van der Waals surface area contributed by atoms with Crippen LogP contribution >= 0.6 is 0 Å². The van der Waals surface area contributed by atoms with Crippen LogP contribution in [0.1, 0.15) is 33.6 Å². The van der Waals surface area contributed by atoms with Crippen molar-refractivity contribution in [3.63, 3.8) is 0 Å². The molecule has 2 unspecified atom stereocenters. The van der Waals surface area contributed by atoms with Gasteiger partial charge >= 0.3 is 0 Å². The van der Waals surface area contributed by atoms with Gasteiger partial charge in [-0.1, -0.05) is 13.8 Å². The summed E-state index contributed by atoms with van der Waals surface area (Å²) in [5, 5.41) is 3.35. The first-order valence-corrected chi connectivity index (χ1v) is 7.21. The van der Waals surface area contributed by atoms with E-state index in [9.17, 15) is 4.79 Å². The molecule has 0 bridgehead atoms. The lowest BCUT2D eigenvalue weighted by molar-refractivity contribution is -0.130. The molecule has 0 spiro atoms. The van der Waals surface area contributed by atoms with Gasteiger partial charge in [-0.15, -0.1) is 0 Å². The standard InChI is InChI=1S/C14H28N2O3/c1-11(2)13-14(17)16(12(3)15-13)7-5-6-8-19-10-9-18-4/h11-13,15H,5-10H2,1-4H3. The molecule has 1 amide bonds. The lowest BCUT2D eigenvalue weighted by Gasteiger charge is -2.20. The maximum Gasteiger partial charge on any atom is 0.241 e. The van der Waals surface area contributed by atoms with Crippen LogP contribution in [0.25, 0.3) is 0 Å². The van der Waals surface area contributed by atoms with Gasteiger partial charge in [0, 0.05) is 20.3 Å². The second-order valence-corrected chi connectivity index (χ2v) is 5.41. The molecule has 19 heavy (non-hydrogen) atoms. The summed E-state index contributed by atoms with van der Waals surface area (Å²) in [4.78, 5) is 14.1. The molecule has 5 nitrogen and oxygen atoms in total. The van der Waals surface area contributed by atoms with E-state index in [-0.39, 0.29) is 18.1 Å². The molecule has 0 aliphatic carbocycles. The number of hydrogen-bond acceptors (Lipinski definition) is 4. The van der Waals surface area contributed by atoms with Gasteiger partial charge in [0.1, 0.15) is 0 Å². The van der Waals surface area contributed by atoms with Gasteiger partial charge in [0.2, 0.25) is 5.91 Å². The number of carbonyl (C=O) groups excluding carboxylic acids is 1. The molecule has 1 aliphatic heterocycles. The molecule has 0 radical (unpaired) electrons. The van der Waals surface area contributed by atoms with Crippen LogP contribution in [0, 0.1) is 5.92 Å². The van der Waals surface area contributed by atoms with Crippen molar-refractivity contribution in [1.82, 2.24) is 10.2 Å². The first-order valence-electron chi connectivity index (χ1n) is 7.21. The third-order valence-corrected chi connectivity index (χ3v) is 3.47. The van der Waals surface area contributed by atoms with Crippen LogP contribution in [0.5, 0.6) is 0 Å². The fourth-order valence-electron chi connectivity index (χ4n) is 2.30. The summed E-state index contributed by atoms with van der Waals surface area (Å²) in [5.41, 5.74) is 0. The number of amides is 1. The number of unbranched alkanes of at least 4 members (excludes halogenated alkanes) is 1. The number of rotatable bonds is 9. The van der Waals surface area contributed by atoms with Gasteiger partial charge in [-0.2, -0.15) is 0 Å². The molecule has 0 aromatic heterocycles. The zero-order chi connectivity index (χ0) is 14.3. The third-order valence-electron chi connectivity index (χ3n) is 3.47. The lowest BCUT2D eigenvalue weighted by Crippen LogP contribution is -2.35. The number of ether oxygens (including phenoxy) is 2. The van der Waals surface area contributed by atoms with Gasteiger partial charge in [0.25, 0.3) is 0 Å². The molecule has 0 saturated carbocycles. The normalized spacial score (nSPS) is 23.6. The van der Waals surface area contributed by atoms with Crippen LogP contribution in [-0.4, -0.2) is 56.5 Å². The SMILES string of the molecule is COCCOCCCCN1C(=O)C(C(C)C)NC1C. The van der Waals surface area contributed by atoms with Crippen molar-refractivity contribution in [2.75, 3.05) is 33.5 Å². The second-order valence-electron chi connectivity index (χ2n) is 5.41. The average molecular weight is 272 g/mol. The molecule has 0 aromatic carbocycles. The van der Waals surface area contributed by atoms with Crippen molar-refractivity contribution in [3.05, 3.63) is 0 Å². The maximum absolute atomic E-state index is 12.2. The Labute approximate surface area is 116 Å². The van der Waals surface area contributed by atoms with Crippen molar-refractivity contribution in [2.24, 2.45) is 5.92 Å². The molecule has 5 heteroatoms. The van der Waals surface area contributed by atoms with E-state index in [1.54, 1.807) is 7.11 Å². The molecule has 1 rings (SSSR count). The van der Waals surface area contributed by atoms with E-state index in [2.05, 4.69) is 26.1 Å². The Bertz CT molecular complexity index is 271. The number of carbonyl (C=O) groups is 1. The minimum atomic E-state index is -0.0204. The highest BCUT2D eigenvalue weighted by Gasteiger charge is 2.37. The lowest BCUT2D eigenvalue weighted by atomic mass is 10.1. The first kappa shape index (κ1) is 16.4. The molecule has 1 fully saturated rings. The largest absolute Gasteiger partial charge is 0.382 e.